The van der Waals surface area contributed by atoms with Crippen LogP contribution in [0.5, 0.6) is 0 Å². The molecule has 0 saturated carbocycles. The molecule has 1 N–H and O–H groups in total. The van der Waals surface area contributed by atoms with E-state index >= 15 is 0 Å². The number of aliphatic carboxylic acids is 1. The van der Waals surface area contributed by atoms with Crippen molar-refractivity contribution >= 4 is 22.0 Å². The average molecular weight is 355 g/mol. The Balaban J connectivity index is 2.45. The lowest BCUT2D eigenvalue weighted by Gasteiger charge is -2.35. The third-order valence-corrected chi connectivity index (χ3v) is 6.49. The van der Waals surface area contributed by atoms with Crippen LogP contribution in [0.3, 0.4) is 0 Å². The molecule has 1 fully saturated rings. The SMILES string of the molecule is COC(=O)c1ccc(C)c(S(=O)(=O)N2CC(C(=O)O)CCC2C)c1. The van der Waals surface area contributed by atoms with Crippen LogP contribution in [-0.4, -0.2) is 49.5 Å². The van der Waals surface area contributed by atoms with Crippen molar-refractivity contribution in [3.63, 3.8) is 0 Å². The van der Waals surface area contributed by atoms with Gasteiger partial charge in [-0.3, -0.25) is 4.79 Å². The van der Waals surface area contributed by atoms with E-state index in [4.69, 9.17) is 0 Å². The van der Waals surface area contributed by atoms with Crippen LogP contribution < -0.4 is 0 Å². The van der Waals surface area contributed by atoms with Crippen molar-refractivity contribution in [1.29, 1.82) is 0 Å². The van der Waals surface area contributed by atoms with Crippen molar-refractivity contribution < 1.29 is 27.9 Å². The molecule has 2 atom stereocenters. The molecular formula is C16H21NO6S. The first-order valence-corrected chi connectivity index (χ1v) is 9.06. The summed E-state index contributed by atoms with van der Waals surface area (Å²) in [4.78, 5) is 22.9. The van der Waals surface area contributed by atoms with Crippen LogP contribution in [-0.2, 0) is 19.6 Å². The summed E-state index contributed by atoms with van der Waals surface area (Å²) in [5.41, 5.74) is 0.633. The second-order valence-electron chi connectivity index (χ2n) is 6.01. The predicted molar refractivity (Wildman–Crippen MR) is 86.2 cm³/mol. The molecule has 2 rings (SSSR count). The van der Waals surface area contributed by atoms with E-state index in [1.165, 1.54) is 23.5 Å². The van der Waals surface area contributed by atoms with Gasteiger partial charge in [0.15, 0.2) is 0 Å². The summed E-state index contributed by atoms with van der Waals surface area (Å²) < 4.78 is 31.9. The monoisotopic (exact) mass is 355 g/mol. The molecule has 1 heterocycles. The van der Waals surface area contributed by atoms with E-state index in [0.29, 0.717) is 18.4 Å². The van der Waals surface area contributed by atoms with E-state index in [-0.39, 0.29) is 23.0 Å². The normalized spacial score (nSPS) is 22.1. The molecule has 1 aromatic rings. The van der Waals surface area contributed by atoms with Crippen molar-refractivity contribution in [2.24, 2.45) is 5.92 Å². The van der Waals surface area contributed by atoms with E-state index in [2.05, 4.69) is 4.74 Å². The standard InChI is InChI=1S/C16H21NO6S/c1-10-4-6-12(16(20)23-3)8-14(10)24(21,22)17-9-13(15(18)19)7-5-11(17)2/h4,6,8,11,13H,5,7,9H2,1-3H3,(H,18,19). The fraction of sp³-hybridized carbons (Fsp3) is 0.500. The molecule has 132 valence electrons. The quantitative estimate of drug-likeness (QED) is 0.824. The van der Waals surface area contributed by atoms with Gasteiger partial charge in [0.1, 0.15) is 0 Å². The minimum Gasteiger partial charge on any atom is -0.481 e. The smallest absolute Gasteiger partial charge is 0.337 e. The Morgan fingerprint density at radius 1 is 1.29 bits per heavy atom. The number of carbonyl (C=O) groups is 2. The maximum Gasteiger partial charge on any atom is 0.337 e. The molecule has 1 aliphatic heterocycles. The zero-order valence-electron chi connectivity index (χ0n) is 13.9. The zero-order chi connectivity index (χ0) is 18.1. The van der Waals surface area contributed by atoms with Crippen molar-refractivity contribution in [2.45, 2.75) is 37.6 Å². The predicted octanol–water partition coefficient (Wildman–Crippen LogP) is 1.66. The van der Waals surface area contributed by atoms with Gasteiger partial charge in [0.2, 0.25) is 10.0 Å². The van der Waals surface area contributed by atoms with Gasteiger partial charge in [-0.25, -0.2) is 13.2 Å². The maximum absolute atomic E-state index is 13.0. The summed E-state index contributed by atoms with van der Waals surface area (Å²) in [7, 11) is -2.69. The maximum atomic E-state index is 13.0. The summed E-state index contributed by atoms with van der Waals surface area (Å²) >= 11 is 0. The Hall–Kier alpha value is -1.93. The van der Waals surface area contributed by atoms with Gasteiger partial charge in [0, 0.05) is 12.6 Å². The number of sulfonamides is 1. The lowest BCUT2D eigenvalue weighted by atomic mass is 9.96. The number of carbonyl (C=O) groups excluding carboxylic acids is 1. The number of ether oxygens (including phenoxy) is 1. The minimum atomic E-state index is -3.91. The Bertz CT molecular complexity index is 758. The lowest BCUT2D eigenvalue weighted by Crippen LogP contribution is -2.47. The Morgan fingerprint density at radius 2 is 1.96 bits per heavy atom. The van der Waals surface area contributed by atoms with Gasteiger partial charge in [0.05, 0.1) is 23.5 Å². The molecule has 1 aromatic carbocycles. The average Bonchev–Trinajstić information content (AvgIpc) is 2.54. The van der Waals surface area contributed by atoms with E-state index in [9.17, 15) is 23.1 Å². The molecule has 2 unspecified atom stereocenters. The van der Waals surface area contributed by atoms with Crippen molar-refractivity contribution in [2.75, 3.05) is 13.7 Å². The number of carboxylic acids is 1. The fourth-order valence-electron chi connectivity index (χ4n) is 2.86. The number of benzene rings is 1. The van der Waals surface area contributed by atoms with Crippen molar-refractivity contribution in [1.82, 2.24) is 4.31 Å². The van der Waals surface area contributed by atoms with Crippen molar-refractivity contribution in [3.05, 3.63) is 29.3 Å². The number of esters is 1. The van der Waals surface area contributed by atoms with Crippen LogP contribution in [0.1, 0.15) is 35.7 Å². The zero-order valence-corrected chi connectivity index (χ0v) is 14.7. The molecule has 0 radical (unpaired) electrons. The molecule has 0 aromatic heterocycles. The van der Waals surface area contributed by atoms with Gasteiger partial charge in [0.25, 0.3) is 0 Å². The van der Waals surface area contributed by atoms with E-state index < -0.39 is 27.9 Å². The van der Waals surface area contributed by atoms with Gasteiger partial charge >= 0.3 is 11.9 Å². The van der Waals surface area contributed by atoms with Gasteiger partial charge in [-0.15, -0.1) is 0 Å². The first-order chi connectivity index (χ1) is 11.2. The third-order valence-electron chi connectivity index (χ3n) is 4.37. The number of carboxylic acid groups (broad SMARTS) is 1. The number of piperidine rings is 1. The highest BCUT2D eigenvalue weighted by molar-refractivity contribution is 7.89. The molecule has 0 bridgehead atoms. The van der Waals surface area contributed by atoms with Crippen LogP contribution in [0, 0.1) is 12.8 Å². The van der Waals surface area contributed by atoms with Gasteiger partial charge in [-0.1, -0.05) is 6.07 Å². The summed E-state index contributed by atoms with van der Waals surface area (Å²) in [6.45, 7) is 3.33. The Labute approximate surface area is 141 Å². The molecule has 1 aliphatic rings. The molecule has 8 heteroatoms. The van der Waals surface area contributed by atoms with Crippen molar-refractivity contribution in [3.8, 4) is 0 Å². The van der Waals surface area contributed by atoms with E-state index in [1.54, 1.807) is 19.9 Å². The van der Waals surface area contributed by atoms with Gasteiger partial charge in [-0.05, 0) is 44.4 Å². The number of aryl methyl sites for hydroxylation is 1. The van der Waals surface area contributed by atoms with Crippen LogP contribution >= 0.6 is 0 Å². The van der Waals surface area contributed by atoms with Gasteiger partial charge in [-0.2, -0.15) is 4.31 Å². The number of methoxy groups -OCH3 is 1. The van der Waals surface area contributed by atoms with Gasteiger partial charge < -0.3 is 9.84 Å². The molecule has 24 heavy (non-hydrogen) atoms. The molecular weight excluding hydrogens is 334 g/mol. The molecule has 1 saturated heterocycles. The number of hydrogen-bond acceptors (Lipinski definition) is 5. The second-order valence-corrected chi connectivity index (χ2v) is 7.87. The van der Waals surface area contributed by atoms with Crippen LogP contribution in [0.15, 0.2) is 23.1 Å². The highest BCUT2D eigenvalue weighted by atomic mass is 32.2. The van der Waals surface area contributed by atoms with Crippen LogP contribution in [0.2, 0.25) is 0 Å². The third kappa shape index (κ3) is 3.44. The van der Waals surface area contributed by atoms with E-state index in [0.717, 1.165) is 0 Å². The fourth-order valence-corrected chi connectivity index (χ4v) is 4.82. The Kier molecular flexibility index (Phi) is 5.29. The summed E-state index contributed by atoms with van der Waals surface area (Å²) in [6, 6.07) is 4.03. The first kappa shape index (κ1) is 18.4. The molecule has 0 spiro atoms. The molecule has 7 nitrogen and oxygen atoms in total. The highest BCUT2D eigenvalue weighted by Crippen LogP contribution is 2.30. The van der Waals surface area contributed by atoms with E-state index in [1.807, 2.05) is 0 Å². The topological polar surface area (TPSA) is 101 Å². The van der Waals surface area contributed by atoms with Crippen LogP contribution in [0.4, 0.5) is 0 Å². The second kappa shape index (κ2) is 6.90. The highest BCUT2D eigenvalue weighted by Gasteiger charge is 2.38. The first-order valence-electron chi connectivity index (χ1n) is 7.62. The largest absolute Gasteiger partial charge is 0.481 e. The summed E-state index contributed by atoms with van der Waals surface area (Å²) in [5, 5.41) is 9.20. The lowest BCUT2D eigenvalue weighted by molar-refractivity contribution is -0.143. The summed E-state index contributed by atoms with van der Waals surface area (Å²) in [6.07, 6.45) is 0.926. The molecule has 0 amide bonds. The van der Waals surface area contributed by atoms with Crippen LogP contribution in [0.25, 0.3) is 0 Å². The number of rotatable bonds is 4. The summed E-state index contributed by atoms with van der Waals surface area (Å²) in [5.74, 6) is -2.34. The minimum absolute atomic E-state index is 0.00305. The number of hydrogen-bond donors (Lipinski definition) is 1. The Morgan fingerprint density at radius 3 is 2.54 bits per heavy atom. The molecule has 0 aliphatic carbocycles. The number of nitrogens with zero attached hydrogens (tertiary/aromatic N) is 1.